The molecular formula is C23H25F2NO3S. The van der Waals surface area contributed by atoms with E-state index in [9.17, 15) is 9.18 Å². The molecule has 1 saturated heterocycles. The average Bonchev–Trinajstić information content (AvgIpc) is 2.73. The Morgan fingerprint density at radius 1 is 1.23 bits per heavy atom. The van der Waals surface area contributed by atoms with Crippen molar-refractivity contribution in [1.82, 2.24) is 0 Å². The monoisotopic (exact) mass is 433 g/mol. The second-order valence-electron chi connectivity index (χ2n) is 7.94. The van der Waals surface area contributed by atoms with Crippen LogP contribution in [0.2, 0.25) is 0 Å². The van der Waals surface area contributed by atoms with Gasteiger partial charge in [0.2, 0.25) is 5.91 Å². The topological polar surface area (TPSA) is 38.8 Å². The van der Waals surface area contributed by atoms with Crippen LogP contribution in [-0.4, -0.2) is 32.8 Å². The van der Waals surface area contributed by atoms with E-state index in [1.807, 2.05) is 25.1 Å². The fourth-order valence-corrected chi connectivity index (χ4v) is 5.35. The van der Waals surface area contributed by atoms with Crippen molar-refractivity contribution >= 4 is 23.4 Å². The number of fused-ring (bicyclic) bond motifs is 1. The van der Waals surface area contributed by atoms with Crippen LogP contribution in [0.3, 0.4) is 0 Å². The van der Waals surface area contributed by atoms with Gasteiger partial charge in [0, 0.05) is 49.6 Å². The van der Waals surface area contributed by atoms with Crippen LogP contribution in [0, 0.1) is 11.6 Å². The van der Waals surface area contributed by atoms with E-state index in [1.165, 1.54) is 31.0 Å². The number of benzene rings is 2. The highest BCUT2D eigenvalue weighted by molar-refractivity contribution is 7.99. The Hall–Kier alpha value is -1.96. The summed E-state index contributed by atoms with van der Waals surface area (Å²) in [5.74, 6) is -0.866. The van der Waals surface area contributed by atoms with E-state index in [-0.39, 0.29) is 22.5 Å². The molecule has 4 nitrogen and oxygen atoms in total. The van der Waals surface area contributed by atoms with Gasteiger partial charge in [-0.2, -0.15) is 0 Å². The molecule has 4 rings (SSSR count). The number of carbonyl (C=O) groups excluding carboxylic acids is 1. The van der Waals surface area contributed by atoms with Crippen LogP contribution < -0.4 is 4.90 Å². The molecule has 0 radical (unpaired) electrons. The first-order chi connectivity index (χ1) is 14.3. The molecule has 1 amide bonds. The second-order valence-corrected chi connectivity index (χ2v) is 9.06. The number of ether oxygens (including phenoxy) is 2. The molecule has 30 heavy (non-hydrogen) atoms. The van der Waals surface area contributed by atoms with Gasteiger partial charge in [0.25, 0.3) is 0 Å². The lowest BCUT2D eigenvalue weighted by Gasteiger charge is -2.39. The highest BCUT2D eigenvalue weighted by atomic mass is 32.2. The molecule has 0 unspecified atom stereocenters. The van der Waals surface area contributed by atoms with Crippen molar-refractivity contribution in [2.45, 2.75) is 54.1 Å². The van der Waals surface area contributed by atoms with E-state index in [2.05, 4.69) is 0 Å². The van der Waals surface area contributed by atoms with Crippen molar-refractivity contribution in [3.05, 3.63) is 53.1 Å². The van der Waals surface area contributed by atoms with Crippen molar-refractivity contribution in [3.8, 4) is 0 Å². The first kappa shape index (κ1) is 21.3. The smallest absolute Gasteiger partial charge is 0.227 e. The molecule has 0 saturated carbocycles. The van der Waals surface area contributed by atoms with Crippen molar-refractivity contribution in [1.29, 1.82) is 0 Å². The molecule has 2 aromatic rings. The van der Waals surface area contributed by atoms with Gasteiger partial charge < -0.3 is 14.4 Å². The van der Waals surface area contributed by atoms with E-state index in [0.717, 1.165) is 16.1 Å². The Kier molecular flexibility index (Phi) is 5.88. The quantitative estimate of drug-likeness (QED) is 0.675. The van der Waals surface area contributed by atoms with Gasteiger partial charge in [0.15, 0.2) is 0 Å². The summed E-state index contributed by atoms with van der Waals surface area (Å²) in [5, 5.41) is 0. The third kappa shape index (κ3) is 3.86. The number of hydrogen-bond acceptors (Lipinski definition) is 4. The van der Waals surface area contributed by atoms with Gasteiger partial charge in [-0.3, -0.25) is 4.79 Å². The number of carbonyl (C=O) groups is 1. The minimum atomic E-state index is -0.905. The Bertz CT molecular complexity index is 983. The van der Waals surface area contributed by atoms with Crippen molar-refractivity contribution in [3.63, 3.8) is 0 Å². The first-order valence-electron chi connectivity index (χ1n) is 10.1. The summed E-state index contributed by atoms with van der Waals surface area (Å²) in [5.41, 5.74) is 1.24. The second kappa shape index (κ2) is 8.29. The SMILES string of the molecule is CO[C@]1(c2cc(F)cc(Sc3ccc4c(c3)CCC(=O)N4C)c2F)CCO[C@@H](C)C1. The third-order valence-electron chi connectivity index (χ3n) is 6.03. The van der Waals surface area contributed by atoms with E-state index < -0.39 is 17.2 Å². The summed E-state index contributed by atoms with van der Waals surface area (Å²) >= 11 is 1.19. The summed E-state index contributed by atoms with van der Waals surface area (Å²) in [6.07, 6.45) is 1.93. The van der Waals surface area contributed by atoms with E-state index in [4.69, 9.17) is 9.47 Å². The molecule has 160 valence electrons. The maximum Gasteiger partial charge on any atom is 0.227 e. The van der Waals surface area contributed by atoms with Crippen molar-refractivity contribution in [2.24, 2.45) is 0 Å². The molecule has 0 spiro atoms. The zero-order valence-electron chi connectivity index (χ0n) is 17.3. The Labute approximate surface area is 179 Å². The average molecular weight is 434 g/mol. The standard InChI is InChI=1S/C23H25F2NO3S/c1-14-13-23(28-3,8-9-29-14)18-11-16(24)12-20(22(18)25)30-17-5-6-19-15(10-17)4-7-21(27)26(19)2/h5-6,10-12,14H,4,7-9,13H2,1-3H3/t14-,23+/m0/s1. The maximum absolute atomic E-state index is 15.6. The normalized spacial score (nSPS) is 24.1. The number of amides is 1. The predicted molar refractivity (Wildman–Crippen MR) is 112 cm³/mol. The number of halogens is 2. The zero-order chi connectivity index (χ0) is 21.5. The summed E-state index contributed by atoms with van der Waals surface area (Å²) in [4.78, 5) is 14.6. The number of anilines is 1. The van der Waals surface area contributed by atoms with Crippen LogP contribution in [0.25, 0.3) is 0 Å². The molecule has 2 heterocycles. The van der Waals surface area contributed by atoms with Gasteiger partial charge in [-0.1, -0.05) is 11.8 Å². The molecule has 0 aliphatic carbocycles. The van der Waals surface area contributed by atoms with Crippen LogP contribution in [-0.2, 0) is 26.3 Å². The van der Waals surface area contributed by atoms with E-state index in [0.29, 0.717) is 32.3 Å². The number of aryl methyl sites for hydroxylation is 1. The molecule has 2 aromatic carbocycles. The highest BCUT2D eigenvalue weighted by Crippen LogP contribution is 2.43. The van der Waals surface area contributed by atoms with Crippen LogP contribution in [0.15, 0.2) is 40.1 Å². The van der Waals surface area contributed by atoms with E-state index in [1.54, 1.807) is 11.9 Å². The highest BCUT2D eigenvalue weighted by Gasteiger charge is 2.40. The Morgan fingerprint density at radius 3 is 2.77 bits per heavy atom. The Balaban J connectivity index is 1.68. The number of nitrogens with zero attached hydrogens (tertiary/aromatic N) is 1. The maximum atomic E-state index is 15.6. The fourth-order valence-electron chi connectivity index (χ4n) is 4.38. The van der Waals surface area contributed by atoms with Crippen LogP contribution in [0.5, 0.6) is 0 Å². The molecule has 0 aromatic heterocycles. The molecule has 0 bridgehead atoms. The molecule has 0 N–H and O–H groups in total. The number of methoxy groups -OCH3 is 1. The van der Waals surface area contributed by atoms with E-state index >= 15 is 4.39 Å². The zero-order valence-corrected chi connectivity index (χ0v) is 18.2. The van der Waals surface area contributed by atoms with Crippen LogP contribution in [0.4, 0.5) is 14.5 Å². The molecule has 2 aliphatic rings. The van der Waals surface area contributed by atoms with Gasteiger partial charge in [-0.15, -0.1) is 0 Å². The molecule has 2 aliphatic heterocycles. The van der Waals surface area contributed by atoms with Gasteiger partial charge in [0.05, 0.1) is 17.6 Å². The first-order valence-corrected chi connectivity index (χ1v) is 10.9. The van der Waals surface area contributed by atoms with Crippen LogP contribution >= 0.6 is 11.8 Å². The molecule has 1 fully saturated rings. The lowest BCUT2D eigenvalue weighted by molar-refractivity contribution is -0.124. The third-order valence-corrected chi connectivity index (χ3v) is 7.04. The molecular weight excluding hydrogens is 408 g/mol. The number of rotatable bonds is 4. The summed E-state index contributed by atoms with van der Waals surface area (Å²) in [7, 11) is 3.29. The summed E-state index contributed by atoms with van der Waals surface area (Å²) in [6.45, 7) is 2.35. The minimum absolute atomic E-state index is 0.0827. The summed E-state index contributed by atoms with van der Waals surface area (Å²) in [6, 6.07) is 8.13. The largest absolute Gasteiger partial charge is 0.378 e. The molecule has 2 atom stereocenters. The van der Waals surface area contributed by atoms with Gasteiger partial charge in [-0.05, 0) is 49.2 Å². The Morgan fingerprint density at radius 2 is 2.03 bits per heavy atom. The number of hydrogen-bond donors (Lipinski definition) is 0. The minimum Gasteiger partial charge on any atom is -0.378 e. The van der Waals surface area contributed by atoms with Gasteiger partial charge in [-0.25, -0.2) is 8.78 Å². The fraction of sp³-hybridized carbons (Fsp3) is 0.435. The van der Waals surface area contributed by atoms with Gasteiger partial charge in [0.1, 0.15) is 17.2 Å². The predicted octanol–water partition coefficient (Wildman–Crippen LogP) is 5.07. The van der Waals surface area contributed by atoms with Crippen molar-refractivity contribution < 1.29 is 23.0 Å². The van der Waals surface area contributed by atoms with Crippen LogP contribution in [0.1, 0.15) is 37.3 Å². The summed E-state index contributed by atoms with van der Waals surface area (Å²) < 4.78 is 41.4. The lowest BCUT2D eigenvalue weighted by atomic mass is 9.83. The van der Waals surface area contributed by atoms with Gasteiger partial charge >= 0.3 is 0 Å². The molecule has 7 heteroatoms. The van der Waals surface area contributed by atoms with Crippen molar-refractivity contribution in [2.75, 3.05) is 25.7 Å². The lowest BCUT2D eigenvalue weighted by Crippen LogP contribution is -2.40.